The molecule has 0 radical (unpaired) electrons. The maximum Gasteiger partial charge on any atom is 0.317 e. The Morgan fingerprint density at radius 3 is 2.88 bits per heavy atom. The third kappa shape index (κ3) is 3.59. The molecule has 0 aromatic carbocycles. The van der Waals surface area contributed by atoms with Crippen molar-refractivity contribution < 1.29 is 9.21 Å². The molecule has 0 saturated carbocycles. The average Bonchev–Trinajstić information content (AvgIpc) is 3.27. The van der Waals surface area contributed by atoms with Crippen molar-refractivity contribution in [3.05, 3.63) is 54.2 Å². The summed E-state index contributed by atoms with van der Waals surface area (Å²) in [5, 5.41) is 3.06. The number of furan rings is 1. The molecular formula is C18H24N4O2. The summed E-state index contributed by atoms with van der Waals surface area (Å²) < 4.78 is 5.49. The molecule has 2 aromatic rings. The third-order valence-corrected chi connectivity index (χ3v) is 4.55. The zero-order valence-electron chi connectivity index (χ0n) is 14.2. The number of likely N-dealkylation sites (N-methyl/N-ethyl adjacent to an activating group) is 1. The Hall–Kier alpha value is -2.34. The fraction of sp³-hybridized carbons (Fsp3) is 0.444. The number of pyridine rings is 1. The zero-order chi connectivity index (χ0) is 16.9. The van der Waals surface area contributed by atoms with Crippen LogP contribution in [0.3, 0.4) is 0 Å². The van der Waals surface area contributed by atoms with E-state index in [0.717, 1.165) is 30.7 Å². The van der Waals surface area contributed by atoms with E-state index in [1.54, 1.807) is 18.7 Å². The normalized spacial score (nSPS) is 18.8. The van der Waals surface area contributed by atoms with Gasteiger partial charge < -0.3 is 14.6 Å². The van der Waals surface area contributed by atoms with Crippen LogP contribution in [0.2, 0.25) is 0 Å². The summed E-state index contributed by atoms with van der Waals surface area (Å²) in [6, 6.07) is 7.91. The Labute approximate surface area is 142 Å². The van der Waals surface area contributed by atoms with Crippen molar-refractivity contribution in [1.82, 2.24) is 20.1 Å². The minimum Gasteiger partial charge on any atom is -0.468 e. The highest BCUT2D eigenvalue weighted by Gasteiger charge is 2.30. The fourth-order valence-corrected chi connectivity index (χ4v) is 3.25. The quantitative estimate of drug-likeness (QED) is 0.917. The summed E-state index contributed by atoms with van der Waals surface area (Å²) in [6.45, 7) is 1.30. The van der Waals surface area contributed by atoms with E-state index in [1.165, 1.54) is 0 Å². The van der Waals surface area contributed by atoms with Crippen LogP contribution in [0.5, 0.6) is 0 Å². The van der Waals surface area contributed by atoms with E-state index in [1.807, 2.05) is 48.2 Å². The van der Waals surface area contributed by atoms with Gasteiger partial charge >= 0.3 is 6.03 Å². The predicted molar refractivity (Wildman–Crippen MR) is 91.5 cm³/mol. The lowest BCUT2D eigenvalue weighted by molar-refractivity contribution is 0.185. The van der Waals surface area contributed by atoms with E-state index in [9.17, 15) is 4.79 Å². The van der Waals surface area contributed by atoms with Crippen LogP contribution in [0.15, 0.2) is 47.3 Å². The van der Waals surface area contributed by atoms with Gasteiger partial charge in [-0.15, -0.1) is 0 Å². The summed E-state index contributed by atoms with van der Waals surface area (Å²) in [7, 11) is 3.96. The van der Waals surface area contributed by atoms with Crippen molar-refractivity contribution in [2.75, 3.05) is 27.2 Å². The van der Waals surface area contributed by atoms with E-state index in [4.69, 9.17) is 4.42 Å². The molecule has 2 atom stereocenters. The lowest BCUT2D eigenvalue weighted by Crippen LogP contribution is -2.42. The lowest BCUT2D eigenvalue weighted by atomic mass is 10.1. The van der Waals surface area contributed by atoms with Crippen LogP contribution in [-0.4, -0.2) is 48.0 Å². The van der Waals surface area contributed by atoms with Crippen LogP contribution in [-0.2, 0) is 0 Å². The van der Waals surface area contributed by atoms with Gasteiger partial charge in [0.15, 0.2) is 0 Å². The molecule has 24 heavy (non-hydrogen) atoms. The first-order valence-electron chi connectivity index (χ1n) is 8.31. The van der Waals surface area contributed by atoms with Crippen LogP contribution in [0.1, 0.15) is 36.2 Å². The highest BCUT2D eigenvalue weighted by atomic mass is 16.3. The van der Waals surface area contributed by atoms with Crippen molar-refractivity contribution in [1.29, 1.82) is 0 Å². The SMILES string of the molecule is CN(C)[C@H](CNC(=O)N1CCC[C@@H]1c1ccncc1)c1ccco1. The summed E-state index contributed by atoms with van der Waals surface area (Å²) in [6.07, 6.45) is 7.24. The summed E-state index contributed by atoms with van der Waals surface area (Å²) in [5.74, 6) is 0.854. The molecule has 3 heterocycles. The number of urea groups is 1. The highest BCUT2D eigenvalue weighted by molar-refractivity contribution is 5.75. The maximum atomic E-state index is 12.7. The summed E-state index contributed by atoms with van der Waals surface area (Å²) in [5.41, 5.74) is 1.15. The second kappa shape index (κ2) is 7.49. The summed E-state index contributed by atoms with van der Waals surface area (Å²) >= 11 is 0. The maximum absolute atomic E-state index is 12.7. The molecule has 1 aliphatic rings. The van der Waals surface area contributed by atoms with Gasteiger partial charge in [0.1, 0.15) is 5.76 Å². The molecular weight excluding hydrogens is 304 g/mol. The largest absolute Gasteiger partial charge is 0.468 e. The van der Waals surface area contributed by atoms with Crippen molar-refractivity contribution in [2.45, 2.75) is 24.9 Å². The Kier molecular flexibility index (Phi) is 5.15. The molecule has 3 rings (SSSR count). The van der Waals surface area contributed by atoms with Gasteiger partial charge in [0, 0.05) is 25.5 Å². The highest BCUT2D eigenvalue weighted by Crippen LogP contribution is 2.31. The topological polar surface area (TPSA) is 61.6 Å². The molecule has 6 heteroatoms. The minimum atomic E-state index is -0.0206. The van der Waals surface area contributed by atoms with Gasteiger partial charge in [-0.1, -0.05) is 0 Å². The molecule has 0 spiro atoms. The number of nitrogens with one attached hydrogen (secondary N) is 1. The zero-order valence-corrected chi connectivity index (χ0v) is 14.2. The van der Waals surface area contributed by atoms with Crippen molar-refractivity contribution in [3.8, 4) is 0 Å². The number of hydrogen-bond donors (Lipinski definition) is 1. The first kappa shape index (κ1) is 16.5. The molecule has 2 aromatic heterocycles. The fourth-order valence-electron chi connectivity index (χ4n) is 3.25. The Balaban J connectivity index is 1.64. The van der Waals surface area contributed by atoms with Crippen LogP contribution in [0.25, 0.3) is 0 Å². The van der Waals surface area contributed by atoms with Gasteiger partial charge in [-0.25, -0.2) is 4.79 Å². The van der Waals surface area contributed by atoms with Crippen molar-refractivity contribution >= 4 is 6.03 Å². The number of hydrogen-bond acceptors (Lipinski definition) is 4. The molecule has 1 saturated heterocycles. The third-order valence-electron chi connectivity index (χ3n) is 4.55. The predicted octanol–water partition coefficient (Wildman–Crippen LogP) is 2.82. The first-order chi connectivity index (χ1) is 11.7. The first-order valence-corrected chi connectivity index (χ1v) is 8.31. The van der Waals surface area contributed by atoms with Gasteiger partial charge in [0.25, 0.3) is 0 Å². The van der Waals surface area contributed by atoms with Crippen LogP contribution >= 0.6 is 0 Å². The van der Waals surface area contributed by atoms with Gasteiger partial charge in [0.2, 0.25) is 0 Å². The van der Waals surface area contributed by atoms with Crippen molar-refractivity contribution in [3.63, 3.8) is 0 Å². The Morgan fingerprint density at radius 2 is 2.21 bits per heavy atom. The molecule has 1 fully saturated rings. The van der Waals surface area contributed by atoms with E-state index < -0.39 is 0 Å². The Bertz CT molecular complexity index is 642. The molecule has 0 aliphatic carbocycles. The van der Waals surface area contributed by atoms with Gasteiger partial charge in [0.05, 0.1) is 18.3 Å². The van der Waals surface area contributed by atoms with Crippen LogP contribution in [0.4, 0.5) is 4.79 Å². The number of carbonyl (C=O) groups excluding carboxylic acids is 1. The van der Waals surface area contributed by atoms with E-state index in [0.29, 0.717) is 6.54 Å². The van der Waals surface area contributed by atoms with E-state index >= 15 is 0 Å². The van der Waals surface area contributed by atoms with E-state index in [-0.39, 0.29) is 18.1 Å². The van der Waals surface area contributed by atoms with Crippen LogP contribution in [0, 0.1) is 0 Å². The second-order valence-corrected chi connectivity index (χ2v) is 6.31. The number of amides is 2. The van der Waals surface area contributed by atoms with E-state index in [2.05, 4.69) is 10.3 Å². The molecule has 1 N–H and O–H groups in total. The van der Waals surface area contributed by atoms with Gasteiger partial charge in [-0.2, -0.15) is 0 Å². The van der Waals surface area contributed by atoms with Gasteiger partial charge in [-0.05, 0) is 56.8 Å². The number of nitrogens with zero attached hydrogens (tertiary/aromatic N) is 3. The van der Waals surface area contributed by atoms with Gasteiger partial charge in [-0.3, -0.25) is 9.88 Å². The molecule has 6 nitrogen and oxygen atoms in total. The molecule has 1 aliphatic heterocycles. The monoisotopic (exact) mass is 328 g/mol. The second-order valence-electron chi connectivity index (χ2n) is 6.31. The number of likely N-dealkylation sites (tertiary alicyclic amines) is 1. The standard InChI is InChI=1S/C18H24N4O2/c1-21(2)16(17-6-4-12-24-17)13-20-18(23)22-11-3-5-15(22)14-7-9-19-10-8-14/h4,6-10,12,15-16H,3,5,11,13H2,1-2H3,(H,20,23)/t15-,16-/m1/s1. The number of aromatic nitrogens is 1. The number of rotatable bonds is 5. The summed E-state index contributed by atoms with van der Waals surface area (Å²) in [4.78, 5) is 20.7. The minimum absolute atomic E-state index is 0.0194. The molecule has 128 valence electrons. The molecule has 0 unspecified atom stereocenters. The number of carbonyl (C=O) groups is 1. The molecule has 2 amide bonds. The van der Waals surface area contributed by atoms with Crippen LogP contribution < -0.4 is 5.32 Å². The smallest absolute Gasteiger partial charge is 0.317 e. The lowest BCUT2D eigenvalue weighted by Gasteiger charge is -2.28. The average molecular weight is 328 g/mol. The van der Waals surface area contributed by atoms with Crippen molar-refractivity contribution in [2.24, 2.45) is 0 Å². The Morgan fingerprint density at radius 1 is 1.42 bits per heavy atom. The molecule has 0 bridgehead atoms.